The molecule has 1 heterocycles. The Morgan fingerprint density at radius 2 is 2.06 bits per heavy atom. The molecule has 0 spiro atoms. The number of carbonyl (C=O) groups excluding carboxylic acids is 1. The molecule has 1 amide bonds. The average Bonchev–Trinajstić information content (AvgIpc) is 2.25. The number of rotatable bonds is 5. The van der Waals surface area contributed by atoms with Crippen molar-refractivity contribution in [3.05, 3.63) is 0 Å². The highest BCUT2D eigenvalue weighted by molar-refractivity contribution is 7.84. The molecule has 0 saturated carbocycles. The van der Waals surface area contributed by atoms with Crippen LogP contribution in [0.3, 0.4) is 0 Å². The van der Waals surface area contributed by atoms with Gasteiger partial charge in [-0.3, -0.25) is 9.00 Å². The van der Waals surface area contributed by atoms with Crippen LogP contribution in [0.4, 0.5) is 0 Å². The number of nitrogens with zero attached hydrogens (tertiary/aromatic N) is 1. The van der Waals surface area contributed by atoms with Gasteiger partial charge in [-0.05, 0) is 25.8 Å². The van der Waals surface area contributed by atoms with Gasteiger partial charge in [0.1, 0.15) is 0 Å². The molecular formula is C11H22N2O2S. The number of hydrogen-bond donors (Lipinski definition) is 1. The number of amides is 1. The summed E-state index contributed by atoms with van der Waals surface area (Å²) >= 11 is 0. The average molecular weight is 246 g/mol. The third kappa shape index (κ3) is 5.07. The molecule has 0 bridgehead atoms. The molecule has 4 nitrogen and oxygen atoms in total. The normalized spacial score (nSPS) is 19.8. The lowest BCUT2D eigenvalue weighted by molar-refractivity contribution is -0.129. The fourth-order valence-corrected chi connectivity index (χ4v) is 2.53. The lowest BCUT2D eigenvalue weighted by Gasteiger charge is -2.31. The summed E-state index contributed by atoms with van der Waals surface area (Å²) < 4.78 is 10.9. The zero-order valence-electron chi connectivity index (χ0n) is 10.2. The minimum absolute atomic E-state index is 0.180. The second kappa shape index (κ2) is 7.01. The first-order chi connectivity index (χ1) is 7.59. The molecule has 1 saturated heterocycles. The van der Waals surface area contributed by atoms with E-state index in [1.54, 1.807) is 13.2 Å². The molecule has 5 heteroatoms. The summed E-state index contributed by atoms with van der Waals surface area (Å²) in [7, 11) is -0.677. The summed E-state index contributed by atoms with van der Waals surface area (Å²) in [5.74, 6) is 0.957. The van der Waals surface area contributed by atoms with E-state index >= 15 is 0 Å². The zero-order valence-corrected chi connectivity index (χ0v) is 11.0. The standard InChI is InChI=1S/C11H22N2O2S/c1-10(14)13-7-4-11(5-8-13)12-6-3-9-16(2)15/h11-12H,3-9H2,1-2H3. The molecule has 1 aliphatic rings. The molecule has 94 valence electrons. The summed E-state index contributed by atoms with van der Waals surface area (Å²) in [6.07, 6.45) is 4.78. The molecule has 1 N–H and O–H groups in total. The highest BCUT2D eigenvalue weighted by Crippen LogP contribution is 2.10. The van der Waals surface area contributed by atoms with Gasteiger partial charge >= 0.3 is 0 Å². The number of carbonyl (C=O) groups is 1. The maximum Gasteiger partial charge on any atom is 0.219 e. The molecule has 1 atom stereocenters. The van der Waals surface area contributed by atoms with Gasteiger partial charge in [0.2, 0.25) is 5.91 Å². The predicted octanol–water partition coefficient (Wildman–Crippen LogP) is 0.356. The smallest absolute Gasteiger partial charge is 0.219 e. The second-order valence-electron chi connectivity index (χ2n) is 4.37. The first-order valence-electron chi connectivity index (χ1n) is 5.88. The lowest BCUT2D eigenvalue weighted by atomic mass is 10.1. The summed E-state index contributed by atoms with van der Waals surface area (Å²) in [6.45, 7) is 4.30. The quantitative estimate of drug-likeness (QED) is 0.712. The predicted molar refractivity (Wildman–Crippen MR) is 66.8 cm³/mol. The highest BCUT2D eigenvalue weighted by Gasteiger charge is 2.19. The van der Waals surface area contributed by atoms with Crippen LogP contribution in [-0.4, -0.2) is 52.7 Å². The maximum absolute atomic E-state index is 11.1. The Labute approximate surface area is 100 Å². The molecular weight excluding hydrogens is 224 g/mol. The fourth-order valence-electron chi connectivity index (χ4n) is 1.98. The Hall–Kier alpha value is -0.420. The maximum atomic E-state index is 11.1. The second-order valence-corrected chi connectivity index (χ2v) is 5.92. The van der Waals surface area contributed by atoms with Crippen LogP contribution in [0.5, 0.6) is 0 Å². The van der Waals surface area contributed by atoms with Crippen LogP contribution in [0.25, 0.3) is 0 Å². The minimum Gasteiger partial charge on any atom is -0.343 e. The third-order valence-corrected chi connectivity index (χ3v) is 3.85. The van der Waals surface area contributed by atoms with E-state index in [1.807, 2.05) is 4.90 Å². The van der Waals surface area contributed by atoms with Crippen molar-refractivity contribution in [2.75, 3.05) is 31.6 Å². The Kier molecular flexibility index (Phi) is 5.98. The number of nitrogens with one attached hydrogen (secondary N) is 1. The van der Waals surface area contributed by atoms with E-state index in [2.05, 4.69) is 5.32 Å². The highest BCUT2D eigenvalue weighted by atomic mass is 32.2. The molecule has 0 aromatic rings. The van der Waals surface area contributed by atoms with Crippen LogP contribution >= 0.6 is 0 Å². The van der Waals surface area contributed by atoms with Crippen molar-refractivity contribution < 1.29 is 9.00 Å². The van der Waals surface area contributed by atoms with Crippen molar-refractivity contribution in [3.8, 4) is 0 Å². The van der Waals surface area contributed by atoms with Gasteiger partial charge in [0, 0.05) is 48.9 Å². The van der Waals surface area contributed by atoms with Gasteiger partial charge in [-0.15, -0.1) is 0 Å². The van der Waals surface area contributed by atoms with Crippen molar-refractivity contribution in [1.82, 2.24) is 10.2 Å². The summed E-state index contributed by atoms with van der Waals surface area (Å²) in [5, 5.41) is 3.46. The molecule has 0 radical (unpaired) electrons. The minimum atomic E-state index is -0.677. The molecule has 0 aliphatic carbocycles. The monoisotopic (exact) mass is 246 g/mol. The third-order valence-electron chi connectivity index (χ3n) is 2.98. The van der Waals surface area contributed by atoms with Gasteiger partial charge in [0.15, 0.2) is 0 Å². The molecule has 0 aromatic heterocycles. The van der Waals surface area contributed by atoms with Gasteiger partial charge in [-0.1, -0.05) is 0 Å². The molecule has 1 unspecified atom stereocenters. The molecule has 1 aliphatic heterocycles. The van der Waals surface area contributed by atoms with Crippen LogP contribution in [0, 0.1) is 0 Å². The van der Waals surface area contributed by atoms with Crippen molar-refractivity contribution in [1.29, 1.82) is 0 Å². The first kappa shape index (κ1) is 13.6. The number of likely N-dealkylation sites (tertiary alicyclic amines) is 1. The van der Waals surface area contributed by atoms with Crippen LogP contribution < -0.4 is 5.32 Å². The van der Waals surface area contributed by atoms with Gasteiger partial charge in [-0.2, -0.15) is 0 Å². The molecule has 16 heavy (non-hydrogen) atoms. The van der Waals surface area contributed by atoms with E-state index in [0.29, 0.717) is 6.04 Å². The van der Waals surface area contributed by atoms with Gasteiger partial charge in [0.05, 0.1) is 0 Å². The molecule has 1 rings (SSSR count). The van der Waals surface area contributed by atoms with Crippen LogP contribution in [0.1, 0.15) is 26.2 Å². The van der Waals surface area contributed by atoms with E-state index in [1.165, 1.54) is 0 Å². The van der Waals surface area contributed by atoms with Crippen LogP contribution in [0.15, 0.2) is 0 Å². The Bertz CT molecular complexity index is 250. The van der Waals surface area contributed by atoms with Gasteiger partial charge in [-0.25, -0.2) is 0 Å². The Morgan fingerprint density at radius 1 is 1.44 bits per heavy atom. The fraction of sp³-hybridized carbons (Fsp3) is 0.909. The van der Waals surface area contributed by atoms with Crippen molar-refractivity contribution in [3.63, 3.8) is 0 Å². The number of hydrogen-bond acceptors (Lipinski definition) is 3. The molecule has 1 fully saturated rings. The van der Waals surface area contributed by atoms with E-state index in [0.717, 1.165) is 44.6 Å². The van der Waals surface area contributed by atoms with E-state index in [4.69, 9.17) is 0 Å². The topological polar surface area (TPSA) is 49.4 Å². The number of piperidine rings is 1. The van der Waals surface area contributed by atoms with Crippen molar-refractivity contribution >= 4 is 16.7 Å². The van der Waals surface area contributed by atoms with E-state index < -0.39 is 10.8 Å². The molecule has 0 aromatic carbocycles. The SMILES string of the molecule is CC(=O)N1CCC(NCCCS(C)=O)CC1. The lowest BCUT2D eigenvalue weighted by Crippen LogP contribution is -2.44. The largest absolute Gasteiger partial charge is 0.343 e. The van der Waals surface area contributed by atoms with Gasteiger partial charge < -0.3 is 10.2 Å². The Morgan fingerprint density at radius 3 is 2.56 bits per heavy atom. The van der Waals surface area contributed by atoms with Crippen LogP contribution in [0.2, 0.25) is 0 Å². The summed E-state index contributed by atoms with van der Waals surface area (Å²) in [5.41, 5.74) is 0. The van der Waals surface area contributed by atoms with E-state index in [9.17, 15) is 9.00 Å². The van der Waals surface area contributed by atoms with Crippen molar-refractivity contribution in [2.24, 2.45) is 0 Å². The van der Waals surface area contributed by atoms with Gasteiger partial charge in [0.25, 0.3) is 0 Å². The van der Waals surface area contributed by atoms with Crippen LogP contribution in [-0.2, 0) is 15.6 Å². The Balaban J connectivity index is 2.08. The van der Waals surface area contributed by atoms with Crippen molar-refractivity contribution in [2.45, 2.75) is 32.2 Å². The first-order valence-corrected chi connectivity index (χ1v) is 7.61. The van der Waals surface area contributed by atoms with E-state index in [-0.39, 0.29) is 5.91 Å². The zero-order chi connectivity index (χ0) is 12.0. The summed E-state index contributed by atoms with van der Waals surface area (Å²) in [4.78, 5) is 13.0. The summed E-state index contributed by atoms with van der Waals surface area (Å²) in [6, 6.07) is 0.529.